The Balaban J connectivity index is 1.77. The van der Waals surface area contributed by atoms with Crippen LogP contribution in [0.15, 0.2) is 23.0 Å². The lowest BCUT2D eigenvalue weighted by Gasteiger charge is -2.14. The van der Waals surface area contributed by atoms with Crippen LogP contribution in [-0.2, 0) is 6.54 Å². The van der Waals surface area contributed by atoms with Gasteiger partial charge in [0.2, 0.25) is 0 Å². The van der Waals surface area contributed by atoms with Crippen molar-refractivity contribution in [2.45, 2.75) is 38.8 Å². The first-order valence-electron chi connectivity index (χ1n) is 5.14. The summed E-state index contributed by atoms with van der Waals surface area (Å²) in [4.78, 5) is 0. The molecule has 1 saturated carbocycles. The van der Waals surface area contributed by atoms with Gasteiger partial charge in [0.15, 0.2) is 0 Å². The first kappa shape index (κ1) is 8.82. The van der Waals surface area contributed by atoms with E-state index in [0.717, 1.165) is 18.5 Å². The molecule has 1 atom stereocenters. The lowest BCUT2D eigenvalue weighted by Crippen LogP contribution is -2.29. The average Bonchev–Trinajstić information content (AvgIpc) is 2.84. The largest absolute Gasteiger partial charge is 0.472 e. The average molecular weight is 179 g/mol. The van der Waals surface area contributed by atoms with Crippen LogP contribution in [0, 0.1) is 5.92 Å². The van der Waals surface area contributed by atoms with Gasteiger partial charge in [0.1, 0.15) is 0 Å². The molecule has 1 aromatic rings. The maximum Gasteiger partial charge on any atom is 0.0947 e. The molecule has 0 radical (unpaired) electrons. The monoisotopic (exact) mass is 179 g/mol. The van der Waals surface area contributed by atoms with Crippen molar-refractivity contribution in [3.63, 3.8) is 0 Å². The van der Waals surface area contributed by atoms with Crippen LogP contribution in [-0.4, -0.2) is 6.04 Å². The van der Waals surface area contributed by atoms with E-state index in [4.69, 9.17) is 4.42 Å². The van der Waals surface area contributed by atoms with Gasteiger partial charge in [-0.1, -0.05) is 6.92 Å². The second-order valence-electron chi connectivity index (χ2n) is 3.86. The zero-order chi connectivity index (χ0) is 9.10. The van der Waals surface area contributed by atoms with Gasteiger partial charge in [-0.05, 0) is 31.2 Å². The Morgan fingerprint density at radius 3 is 3.00 bits per heavy atom. The summed E-state index contributed by atoms with van der Waals surface area (Å²) < 4.78 is 5.02. The third-order valence-corrected chi connectivity index (χ3v) is 2.78. The molecule has 1 heterocycles. The topological polar surface area (TPSA) is 25.2 Å². The molecule has 0 amide bonds. The first-order chi connectivity index (χ1) is 6.40. The molecule has 1 aliphatic rings. The quantitative estimate of drug-likeness (QED) is 0.751. The summed E-state index contributed by atoms with van der Waals surface area (Å²) in [5.74, 6) is 0.942. The lowest BCUT2D eigenvalue weighted by atomic mass is 10.1. The van der Waals surface area contributed by atoms with Crippen molar-refractivity contribution in [1.82, 2.24) is 5.32 Å². The molecule has 72 valence electrons. The molecular formula is C11H17NO. The highest BCUT2D eigenvalue weighted by molar-refractivity contribution is 5.05. The van der Waals surface area contributed by atoms with E-state index in [0.29, 0.717) is 0 Å². The van der Waals surface area contributed by atoms with Gasteiger partial charge >= 0.3 is 0 Å². The van der Waals surface area contributed by atoms with Crippen molar-refractivity contribution >= 4 is 0 Å². The zero-order valence-electron chi connectivity index (χ0n) is 8.12. The van der Waals surface area contributed by atoms with Crippen molar-refractivity contribution in [3.05, 3.63) is 24.2 Å². The molecule has 1 unspecified atom stereocenters. The SMILES string of the molecule is CCC(NCc1ccoc1)C1CC1. The number of rotatable bonds is 5. The fraction of sp³-hybridized carbons (Fsp3) is 0.636. The van der Waals surface area contributed by atoms with Crippen LogP contribution in [0.1, 0.15) is 31.7 Å². The van der Waals surface area contributed by atoms with E-state index in [1.807, 2.05) is 12.3 Å². The summed E-state index contributed by atoms with van der Waals surface area (Å²) in [5, 5.41) is 3.57. The summed E-state index contributed by atoms with van der Waals surface area (Å²) in [6.07, 6.45) is 7.61. The maximum absolute atomic E-state index is 5.02. The second-order valence-corrected chi connectivity index (χ2v) is 3.86. The smallest absolute Gasteiger partial charge is 0.0947 e. The van der Waals surface area contributed by atoms with Crippen LogP contribution in [0.3, 0.4) is 0 Å². The van der Waals surface area contributed by atoms with E-state index in [-0.39, 0.29) is 0 Å². The first-order valence-corrected chi connectivity index (χ1v) is 5.14. The fourth-order valence-electron chi connectivity index (χ4n) is 1.79. The van der Waals surface area contributed by atoms with Crippen LogP contribution in [0.25, 0.3) is 0 Å². The molecule has 0 spiro atoms. The van der Waals surface area contributed by atoms with E-state index >= 15 is 0 Å². The van der Waals surface area contributed by atoms with Gasteiger partial charge in [-0.25, -0.2) is 0 Å². The standard InChI is InChI=1S/C11H17NO/c1-2-11(10-3-4-10)12-7-9-5-6-13-8-9/h5-6,8,10-12H,2-4,7H2,1H3. The minimum absolute atomic E-state index is 0.717. The molecule has 2 rings (SSSR count). The van der Waals surface area contributed by atoms with Crippen molar-refractivity contribution in [2.75, 3.05) is 0 Å². The third-order valence-electron chi connectivity index (χ3n) is 2.78. The lowest BCUT2D eigenvalue weighted by molar-refractivity contribution is 0.447. The van der Waals surface area contributed by atoms with Gasteiger partial charge in [-0.15, -0.1) is 0 Å². The van der Waals surface area contributed by atoms with Crippen LogP contribution in [0.5, 0.6) is 0 Å². The molecule has 1 fully saturated rings. The Hall–Kier alpha value is -0.760. The number of nitrogens with one attached hydrogen (secondary N) is 1. The van der Waals surface area contributed by atoms with E-state index in [2.05, 4.69) is 12.2 Å². The molecule has 13 heavy (non-hydrogen) atoms. The Bertz CT molecular complexity index is 239. The molecule has 1 aliphatic carbocycles. The van der Waals surface area contributed by atoms with E-state index < -0.39 is 0 Å². The Morgan fingerprint density at radius 1 is 1.62 bits per heavy atom. The summed E-state index contributed by atoms with van der Waals surface area (Å²) in [5.41, 5.74) is 1.25. The normalized spacial score (nSPS) is 18.8. The summed E-state index contributed by atoms with van der Waals surface area (Å²) in [6.45, 7) is 3.21. The van der Waals surface area contributed by atoms with E-state index in [1.54, 1.807) is 6.26 Å². The molecule has 0 aliphatic heterocycles. The molecule has 1 aromatic heterocycles. The van der Waals surface area contributed by atoms with E-state index in [1.165, 1.54) is 24.8 Å². The molecule has 2 heteroatoms. The van der Waals surface area contributed by atoms with Gasteiger partial charge < -0.3 is 9.73 Å². The summed E-state index contributed by atoms with van der Waals surface area (Å²) >= 11 is 0. The summed E-state index contributed by atoms with van der Waals surface area (Å²) in [6, 6.07) is 2.74. The maximum atomic E-state index is 5.02. The van der Waals surface area contributed by atoms with Gasteiger partial charge in [0.25, 0.3) is 0 Å². The predicted octanol–water partition coefficient (Wildman–Crippen LogP) is 2.56. The van der Waals surface area contributed by atoms with Gasteiger partial charge in [-0.2, -0.15) is 0 Å². The summed E-state index contributed by atoms with van der Waals surface area (Å²) in [7, 11) is 0. The van der Waals surface area contributed by atoms with Gasteiger partial charge in [-0.3, -0.25) is 0 Å². The van der Waals surface area contributed by atoms with Crippen LogP contribution in [0.4, 0.5) is 0 Å². The molecule has 0 aromatic carbocycles. The Kier molecular flexibility index (Phi) is 2.69. The molecule has 0 saturated heterocycles. The third kappa shape index (κ3) is 2.34. The van der Waals surface area contributed by atoms with Crippen LogP contribution < -0.4 is 5.32 Å². The number of hydrogen-bond donors (Lipinski definition) is 1. The zero-order valence-corrected chi connectivity index (χ0v) is 8.12. The van der Waals surface area contributed by atoms with Crippen molar-refractivity contribution in [3.8, 4) is 0 Å². The molecule has 1 N–H and O–H groups in total. The predicted molar refractivity (Wildman–Crippen MR) is 52.4 cm³/mol. The number of hydrogen-bond acceptors (Lipinski definition) is 2. The van der Waals surface area contributed by atoms with Crippen molar-refractivity contribution in [1.29, 1.82) is 0 Å². The van der Waals surface area contributed by atoms with Gasteiger partial charge in [0.05, 0.1) is 12.5 Å². The molecule has 2 nitrogen and oxygen atoms in total. The van der Waals surface area contributed by atoms with Crippen LogP contribution >= 0.6 is 0 Å². The highest BCUT2D eigenvalue weighted by Crippen LogP contribution is 2.33. The number of furan rings is 1. The van der Waals surface area contributed by atoms with Gasteiger partial charge in [0, 0.05) is 18.2 Å². The van der Waals surface area contributed by atoms with Crippen molar-refractivity contribution in [2.24, 2.45) is 5.92 Å². The Labute approximate surface area is 79.3 Å². The van der Waals surface area contributed by atoms with Crippen LogP contribution in [0.2, 0.25) is 0 Å². The van der Waals surface area contributed by atoms with Crippen molar-refractivity contribution < 1.29 is 4.42 Å². The highest BCUT2D eigenvalue weighted by atomic mass is 16.3. The molecular weight excluding hydrogens is 162 g/mol. The Morgan fingerprint density at radius 2 is 2.46 bits per heavy atom. The minimum atomic E-state index is 0.717. The minimum Gasteiger partial charge on any atom is -0.472 e. The van der Waals surface area contributed by atoms with E-state index in [9.17, 15) is 0 Å². The molecule has 0 bridgehead atoms. The highest BCUT2D eigenvalue weighted by Gasteiger charge is 2.29. The fourth-order valence-corrected chi connectivity index (χ4v) is 1.79. The second kappa shape index (κ2) is 3.97.